The smallest absolute Gasteiger partial charge is 0.319 e. The first-order valence-corrected chi connectivity index (χ1v) is 10.0. The summed E-state index contributed by atoms with van der Waals surface area (Å²) in [4.78, 5) is 26.2. The Kier molecular flexibility index (Phi) is 6.47. The van der Waals surface area contributed by atoms with E-state index in [1.807, 2.05) is 13.0 Å². The predicted molar refractivity (Wildman–Crippen MR) is 109 cm³/mol. The molecule has 144 valence electrons. The van der Waals surface area contributed by atoms with Crippen molar-refractivity contribution in [1.29, 1.82) is 0 Å². The van der Waals surface area contributed by atoms with E-state index < -0.39 is 0 Å². The Hall–Kier alpha value is -2.38. The van der Waals surface area contributed by atoms with Gasteiger partial charge in [-0.15, -0.1) is 11.3 Å². The number of urea groups is 1. The molecular weight excluding hydrogens is 362 g/mol. The van der Waals surface area contributed by atoms with E-state index in [1.54, 1.807) is 24.3 Å². The first-order valence-electron chi connectivity index (χ1n) is 9.22. The summed E-state index contributed by atoms with van der Waals surface area (Å²) in [7, 11) is 0. The number of nitrogens with one attached hydrogen (secondary N) is 3. The van der Waals surface area contributed by atoms with Crippen molar-refractivity contribution in [3.8, 4) is 0 Å². The number of carbonyl (C=O) groups is 2. The van der Waals surface area contributed by atoms with Gasteiger partial charge in [-0.05, 0) is 62.1 Å². The molecule has 7 heteroatoms. The normalized spacial score (nSPS) is 16.1. The molecular formula is C20H25N3O3S. The molecule has 2 aromatic rings. The molecule has 0 bridgehead atoms. The van der Waals surface area contributed by atoms with Gasteiger partial charge in [-0.2, -0.15) is 0 Å². The van der Waals surface area contributed by atoms with Crippen LogP contribution < -0.4 is 16.0 Å². The van der Waals surface area contributed by atoms with Crippen LogP contribution in [0, 0.1) is 6.92 Å². The molecule has 0 aliphatic carbocycles. The maximum atomic E-state index is 12.4. The summed E-state index contributed by atoms with van der Waals surface area (Å²) in [6.07, 6.45) is 3.07. The molecule has 1 saturated heterocycles. The predicted octanol–water partition coefficient (Wildman–Crippen LogP) is 4.17. The van der Waals surface area contributed by atoms with E-state index >= 15 is 0 Å². The average Bonchev–Trinajstić information content (AvgIpc) is 3.31. The van der Waals surface area contributed by atoms with Crippen LogP contribution in [0.2, 0.25) is 0 Å². The van der Waals surface area contributed by atoms with Gasteiger partial charge in [0.05, 0.1) is 11.0 Å². The summed E-state index contributed by atoms with van der Waals surface area (Å²) in [6, 6.07) is 8.76. The zero-order valence-electron chi connectivity index (χ0n) is 15.6. The Balaban J connectivity index is 1.50. The van der Waals surface area contributed by atoms with E-state index in [4.69, 9.17) is 4.74 Å². The molecule has 1 unspecified atom stereocenters. The zero-order valence-corrected chi connectivity index (χ0v) is 16.4. The Labute approximate surface area is 163 Å². The molecule has 3 amide bonds. The molecule has 0 saturated carbocycles. The number of ether oxygens (including phenoxy) is 1. The minimum atomic E-state index is -0.261. The van der Waals surface area contributed by atoms with Gasteiger partial charge in [0, 0.05) is 29.4 Å². The monoisotopic (exact) mass is 387 g/mol. The van der Waals surface area contributed by atoms with Crippen LogP contribution in [0.1, 0.15) is 39.9 Å². The number of aryl methyl sites for hydroxylation is 2. The van der Waals surface area contributed by atoms with Crippen molar-refractivity contribution < 1.29 is 14.3 Å². The lowest BCUT2D eigenvalue weighted by Crippen LogP contribution is -2.35. The van der Waals surface area contributed by atoms with Gasteiger partial charge in [0.2, 0.25) is 0 Å². The summed E-state index contributed by atoms with van der Waals surface area (Å²) >= 11 is 1.51. The minimum absolute atomic E-state index is 0.113. The Morgan fingerprint density at radius 1 is 1.19 bits per heavy atom. The molecule has 1 aromatic carbocycles. The van der Waals surface area contributed by atoms with Crippen LogP contribution >= 0.6 is 11.3 Å². The summed E-state index contributed by atoms with van der Waals surface area (Å²) in [5.74, 6) is -0.113. The SMILES string of the molecule is CCc1cc(C(=O)Nc2ccc(NC(=O)NCC3CCCO3)cc2)sc1C. The van der Waals surface area contributed by atoms with Gasteiger partial charge in [0.15, 0.2) is 0 Å². The highest BCUT2D eigenvalue weighted by Gasteiger charge is 2.16. The fourth-order valence-electron chi connectivity index (χ4n) is 3.00. The first-order chi connectivity index (χ1) is 13.0. The quantitative estimate of drug-likeness (QED) is 0.696. The number of hydrogen-bond donors (Lipinski definition) is 3. The van der Waals surface area contributed by atoms with E-state index in [2.05, 4.69) is 22.9 Å². The summed E-state index contributed by atoms with van der Waals surface area (Å²) < 4.78 is 5.48. The van der Waals surface area contributed by atoms with Gasteiger partial charge < -0.3 is 20.7 Å². The molecule has 2 heterocycles. The van der Waals surface area contributed by atoms with Crippen LogP contribution in [0.5, 0.6) is 0 Å². The lowest BCUT2D eigenvalue weighted by Gasteiger charge is -2.12. The van der Waals surface area contributed by atoms with Gasteiger partial charge in [0.25, 0.3) is 5.91 Å². The number of carbonyl (C=O) groups excluding carboxylic acids is 2. The molecule has 1 atom stereocenters. The highest BCUT2D eigenvalue weighted by atomic mass is 32.1. The van der Waals surface area contributed by atoms with E-state index in [9.17, 15) is 9.59 Å². The average molecular weight is 388 g/mol. The maximum Gasteiger partial charge on any atom is 0.319 e. The van der Waals surface area contributed by atoms with E-state index in [-0.39, 0.29) is 18.0 Å². The second kappa shape index (κ2) is 9.01. The molecule has 27 heavy (non-hydrogen) atoms. The number of anilines is 2. The standard InChI is InChI=1S/C20H25N3O3S/c1-3-14-11-18(27-13(14)2)19(24)22-15-6-8-16(9-7-15)23-20(25)21-12-17-5-4-10-26-17/h6-9,11,17H,3-5,10,12H2,1-2H3,(H,22,24)(H2,21,23,25). The topological polar surface area (TPSA) is 79.5 Å². The van der Waals surface area contributed by atoms with Crippen molar-refractivity contribution >= 4 is 34.6 Å². The third kappa shape index (κ3) is 5.30. The van der Waals surface area contributed by atoms with Crippen LogP contribution in [0.25, 0.3) is 0 Å². The van der Waals surface area contributed by atoms with Gasteiger partial charge in [-0.3, -0.25) is 4.79 Å². The van der Waals surface area contributed by atoms with Crippen molar-refractivity contribution in [2.75, 3.05) is 23.8 Å². The van der Waals surface area contributed by atoms with Crippen LogP contribution in [-0.4, -0.2) is 31.2 Å². The summed E-state index contributed by atoms with van der Waals surface area (Å²) in [5, 5.41) is 8.48. The molecule has 3 N–H and O–H groups in total. The van der Waals surface area contributed by atoms with E-state index in [0.29, 0.717) is 22.8 Å². The number of benzene rings is 1. The second-order valence-electron chi connectivity index (χ2n) is 6.55. The van der Waals surface area contributed by atoms with Crippen LogP contribution in [0.15, 0.2) is 30.3 Å². The van der Waals surface area contributed by atoms with Crippen molar-refractivity contribution in [2.24, 2.45) is 0 Å². The van der Waals surface area contributed by atoms with E-state index in [1.165, 1.54) is 21.8 Å². The van der Waals surface area contributed by atoms with Crippen molar-refractivity contribution in [3.05, 3.63) is 45.6 Å². The molecule has 1 aliphatic rings. The summed E-state index contributed by atoms with van der Waals surface area (Å²) in [6.45, 7) is 5.40. The molecule has 0 spiro atoms. The highest BCUT2D eigenvalue weighted by molar-refractivity contribution is 7.14. The first kappa shape index (κ1) is 19.4. The Morgan fingerprint density at radius 3 is 2.48 bits per heavy atom. The number of hydrogen-bond acceptors (Lipinski definition) is 4. The van der Waals surface area contributed by atoms with Crippen LogP contribution in [0.3, 0.4) is 0 Å². The van der Waals surface area contributed by atoms with E-state index in [0.717, 1.165) is 25.9 Å². The van der Waals surface area contributed by atoms with Gasteiger partial charge in [0.1, 0.15) is 0 Å². The van der Waals surface area contributed by atoms with Crippen molar-refractivity contribution in [1.82, 2.24) is 5.32 Å². The molecule has 6 nitrogen and oxygen atoms in total. The second-order valence-corrected chi connectivity index (χ2v) is 7.80. The Morgan fingerprint density at radius 2 is 1.89 bits per heavy atom. The third-order valence-electron chi connectivity index (χ3n) is 4.54. The fourth-order valence-corrected chi connectivity index (χ4v) is 4.01. The third-order valence-corrected chi connectivity index (χ3v) is 5.63. The summed E-state index contributed by atoms with van der Waals surface area (Å²) in [5.41, 5.74) is 2.56. The molecule has 3 rings (SSSR count). The minimum Gasteiger partial charge on any atom is -0.376 e. The zero-order chi connectivity index (χ0) is 19.2. The molecule has 0 radical (unpaired) electrons. The number of rotatable bonds is 6. The molecule has 1 fully saturated rings. The molecule has 1 aliphatic heterocycles. The number of amides is 3. The van der Waals surface area contributed by atoms with Gasteiger partial charge >= 0.3 is 6.03 Å². The van der Waals surface area contributed by atoms with Crippen molar-refractivity contribution in [3.63, 3.8) is 0 Å². The lowest BCUT2D eigenvalue weighted by molar-refractivity contribution is 0.103. The highest BCUT2D eigenvalue weighted by Crippen LogP contribution is 2.23. The largest absolute Gasteiger partial charge is 0.376 e. The Bertz CT molecular complexity index is 795. The lowest BCUT2D eigenvalue weighted by atomic mass is 10.2. The number of thiophene rings is 1. The van der Waals surface area contributed by atoms with Crippen molar-refractivity contribution in [2.45, 2.75) is 39.2 Å². The van der Waals surface area contributed by atoms with Crippen LogP contribution in [0.4, 0.5) is 16.2 Å². The van der Waals surface area contributed by atoms with Gasteiger partial charge in [-0.25, -0.2) is 4.79 Å². The van der Waals surface area contributed by atoms with Crippen LogP contribution in [-0.2, 0) is 11.2 Å². The molecule has 1 aromatic heterocycles. The van der Waals surface area contributed by atoms with Gasteiger partial charge in [-0.1, -0.05) is 6.92 Å². The maximum absolute atomic E-state index is 12.4. The fraction of sp³-hybridized carbons (Fsp3) is 0.400.